The lowest BCUT2D eigenvalue weighted by atomic mass is 10.2. The third-order valence-corrected chi connectivity index (χ3v) is 4.70. The molecule has 1 aromatic carbocycles. The Hall–Kier alpha value is -3.36. The number of amides is 2. The van der Waals surface area contributed by atoms with Crippen molar-refractivity contribution in [3.63, 3.8) is 0 Å². The molecule has 2 heterocycles. The minimum atomic E-state index is -0.624. The number of hydrogen-bond acceptors (Lipinski definition) is 7. The summed E-state index contributed by atoms with van der Waals surface area (Å²) in [5, 5.41) is 14.4. The molecule has 1 aliphatic heterocycles. The van der Waals surface area contributed by atoms with E-state index in [1.165, 1.54) is 0 Å². The lowest BCUT2D eigenvalue weighted by Gasteiger charge is -2.35. The number of carbonyl (C=O) groups excluding carboxylic acids is 2. The van der Waals surface area contributed by atoms with E-state index in [1.54, 1.807) is 13.0 Å². The van der Waals surface area contributed by atoms with Crippen LogP contribution in [0.4, 0.5) is 22.9 Å². The van der Waals surface area contributed by atoms with Crippen LogP contribution in [0.5, 0.6) is 0 Å². The molecule has 3 rings (SSSR count). The molecule has 9 nitrogen and oxygen atoms in total. The summed E-state index contributed by atoms with van der Waals surface area (Å²) in [4.78, 5) is 27.1. The molecule has 0 spiro atoms. The maximum atomic E-state index is 11.6. The van der Waals surface area contributed by atoms with Crippen molar-refractivity contribution >= 4 is 34.7 Å². The fraction of sp³-hybridized carbons (Fsp3) is 0.400. The van der Waals surface area contributed by atoms with Crippen molar-refractivity contribution < 1.29 is 9.59 Å². The first-order valence-corrected chi connectivity index (χ1v) is 9.65. The molecule has 154 valence electrons. The zero-order valence-corrected chi connectivity index (χ0v) is 17.0. The van der Waals surface area contributed by atoms with Crippen LogP contribution in [0, 0.1) is 0 Å². The molecule has 0 bridgehead atoms. The van der Waals surface area contributed by atoms with Gasteiger partial charge in [0.1, 0.15) is 0 Å². The Morgan fingerprint density at radius 1 is 1.07 bits per heavy atom. The van der Waals surface area contributed by atoms with E-state index in [-0.39, 0.29) is 17.6 Å². The third kappa shape index (κ3) is 5.13. The standard InChI is InChI=1S/C20H27N7O2/c1-13(2)22-17-12-18(24-25-19(17)20(21)29)23-15-4-6-16(7-5-15)27-10-8-26(9-11-27)14(3)28/h4-7,12-13H,8-11H2,1-3H3,(H2,21,29)(H2,22,23,24). The highest BCUT2D eigenvalue weighted by Crippen LogP contribution is 2.23. The quantitative estimate of drug-likeness (QED) is 0.680. The molecular weight excluding hydrogens is 370 g/mol. The maximum Gasteiger partial charge on any atom is 0.271 e. The van der Waals surface area contributed by atoms with E-state index in [2.05, 4.69) is 25.7 Å². The summed E-state index contributed by atoms with van der Waals surface area (Å²) in [5.74, 6) is 0.0152. The van der Waals surface area contributed by atoms with Crippen LogP contribution in [0.15, 0.2) is 30.3 Å². The summed E-state index contributed by atoms with van der Waals surface area (Å²) in [6, 6.07) is 9.83. The van der Waals surface area contributed by atoms with Crippen molar-refractivity contribution in [2.75, 3.05) is 41.7 Å². The molecule has 0 unspecified atom stereocenters. The summed E-state index contributed by atoms with van der Waals surface area (Å²) < 4.78 is 0. The number of nitrogens with two attached hydrogens (primary N) is 1. The van der Waals surface area contributed by atoms with E-state index in [4.69, 9.17) is 5.73 Å². The number of nitrogens with one attached hydrogen (secondary N) is 2. The van der Waals surface area contributed by atoms with Gasteiger partial charge in [0, 0.05) is 56.6 Å². The second-order valence-electron chi connectivity index (χ2n) is 7.32. The monoisotopic (exact) mass is 397 g/mol. The van der Waals surface area contributed by atoms with Crippen molar-refractivity contribution in [2.45, 2.75) is 26.8 Å². The van der Waals surface area contributed by atoms with Gasteiger partial charge in [0.15, 0.2) is 11.5 Å². The van der Waals surface area contributed by atoms with Gasteiger partial charge in [-0.2, -0.15) is 0 Å². The number of hydrogen-bond donors (Lipinski definition) is 3. The topological polar surface area (TPSA) is 116 Å². The first-order valence-electron chi connectivity index (χ1n) is 9.65. The Bertz CT molecular complexity index is 875. The van der Waals surface area contributed by atoms with Gasteiger partial charge in [-0.25, -0.2) is 0 Å². The Kier molecular flexibility index (Phi) is 6.16. The van der Waals surface area contributed by atoms with Gasteiger partial charge >= 0.3 is 0 Å². The predicted octanol–water partition coefficient (Wildman–Crippen LogP) is 1.81. The van der Waals surface area contributed by atoms with Crippen molar-refractivity contribution in [1.82, 2.24) is 15.1 Å². The largest absolute Gasteiger partial charge is 0.381 e. The zero-order chi connectivity index (χ0) is 21.0. The molecule has 9 heteroatoms. The highest BCUT2D eigenvalue weighted by Gasteiger charge is 2.19. The number of benzene rings is 1. The van der Waals surface area contributed by atoms with Crippen LogP contribution in [0.25, 0.3) is 0 Å². The van der Waals surface area contributed by atoms with Crippen molar-refractivity contribution in [3.05, 3.63) is 36.0 Å². The van der Waals surface area contributed by atoms with E-state index in [1.807, 2.05) is 43.0 Å². The van der Waals surface area contributed by atoms with Crippen LogP contribution in [0.2, 0.25) is 0 Å². The van der Waals surface area contributed by atoms with Crippen LogP contribution in [-0.2, 0) is 4.79 Å². The molecule has 0 radical (unpaired) electrons. The number of rotatable bonds is 6. The highest BCUT2D eigenvalue weighted by atomic mass is 16.2. The second-order valence-corrected chi connectivity index (χ2v) is 7.32. The summed E-state index contributed by atoms with van der Waals surface area (Å²) in [7, 11) is 0. The molecule has 1 saturated heterocycles. The van der Waals surface area contributed by atoms with Crippen LogP contribution in [0.1, 0.15) is 31.3 Å². The van der Waals surface area contributed by atoms with E-state index in [9.17, 15) is 9.59 Å². The molecule has 0 atom stereocenters. The lowest BCUT2D eigenvalue weighted by Crippen LogP contribution is -2.48. The second kappa shape index (κ2) is 8.76. The summed E-state index contributed by atoms with van der Waals surface area (Å²) in [6.07, 6.45) is 0. The maximum absolute atomic E-state index is 11.6. The fourth-order valence-corrected chi connectivity index (χ4v) is 3.24. The number of primary amides is 1. The highest BCUT2D eigenvalue weighted by molar-refractivity contribution is 5.96. The third-order valence-electron chi connectivity index (χ3n) is 4.70. The SMILES string of the molecule is CC(=O)N1CCN(c2ccc(Nc3cc(NC(C)C)c(C(N)=O)nn3)cc2)CC1. The Labute approximate surface area is 170 Å². The van der Waals surface area contributed by atoms with Crippen molar-refractivity contribution in [3.8, 4) is 0 Å². The summed E-state index contributed by atoms with van der Waals surface area (Å²) >= 11 is 0. The van der Waals surface area contributed by atoms with Gasteiger partial charge in [-0.3, -0.25) is 9.59 Å². The first-order chi connectivity index (χ1) is 13.8. The van der Waals surface area contributed by atoms with Gasteiger partial charge in [0.25, 0.3) is 5.91 Å². The molecular formula is C20H27N7O2. The zero-order valence-electron chi connectivity index (χ0n) is 17.0. The molecule has 2 aromatic rings. The minimum Gasteiger partial charge on any atom is -0.381 e. The molecule has 1 aliphatic rings. The van der Waals surface area contributed by atoms with Crippen LogP contribution in [0.3, 0.4) is 0 Å². The molecule has 0 aliphatic carbocycles. The van der Waals surface area contributed by atoms with Gasteiger partial charge in [0.05, 0.1) is 5.69 Å². The number of aromatic nitrogens is 2. The van der Waals surface area contributed by atoms with Crippen molar-refractivity contribution in [1.29, 1.82) is 0 Å². The van der Waals surface area contributed by atoms with E-state index in [0.717, 1.165) is 37.6 Å². The number of piperazine rings is 1. The number of anilines is 4. The molecule has 1 fully saturated rings. The van der Waals surface area contributed by atoms with Gasteiger partial charge in [-0.05, 0) is 38.1 Å². The van der Waals surface area contributed by atoms with Crippen LogP contribution < -0.4 is 21.3 Å². The minimum absolute atomic E-state index is 0.115. The Balaban J connectivity index is 1.68. The molecule has 1 aromatic heterocycles. The van der Waals surface area contributed by atoms with Crippen LogP contribution >= 0.6 is 0 Å². The van der Waals surface area contributed by atoms with Gasteiger partial charge in [-0.15, -0.1) is 10.2 Å². The molecule has 2 amide bonds. The fourth-order valence-electron chi connectivity index (χ4n) is 3.24. The predicted molar refractivity (Wildman–Crippen MR) is 114 cm³/mol. The van der Waals surface area contributed by atoms with Crippen molar-refractivity contribution in [2.24, 2.45) is 5.73 Å². The first kappa shape index (κ1) is 20.4. The number of carbonyl (C=O) groups is 2. The summed E-state index contributed by atoms with van der Waals surface area (Å²) in [5.41, 5.74) is 8.00. The molecule has 29 heavy (non-hydrogen) atoms. The van der Waals surface area contributed by atoms with E-state index < -0.39 is 5.91 Å². The normalized spacial score (nSPS) is 14.1. The average Bonchev–Trinajstić information content (AvgIpc) is 2.68. The molecule has 4 N–H and O–H groups in total. The van der Waals surface area contributed by atoms with E-state index in [0.29, 0.717) is 11.5 Å². The number of nitrogens with zero attached hydrogens (tertiary/aromatic N) is 4. The van der Waals surface area contributed by atoms with Crippen LogP contribution in [-0.4, -0.2) is 59.1 Å². The molecule has 0 saturated carbocycles. The Morgan fingerprint density at radius 2 is 1.72 bits per heavy atom. The Morgan fingerprint density at radius 3 is 2.28 bits per heavy atom. The van der Waals surface area contributed by atoms with Gasteiger partial charge in [-0.1, -0.05) is 0 Å². The van der Waals surface area contributed by atoms with E-state index >= 15 is 0 Å². The smallest absolute Gasteiger partial charge is 0.271 e. The van der Waals surface area contributed by atoms with Gasteiger partial charge < -0.3 is 26.2 Å². The lowest BCUT2D eigenvalue weighted by molar-refractivity contribution is -0.129. The summed E-state index contributed by atoms with van der Waals surface area (Å²) in [6.45, 7) is 8.65. The van der Waals surface area contributed by atoms with Gasteiger partial charge in [0.2, 0.25) is 5.91 Å². The average molecular weight is 397 g/mol.